The van der Waals surface area contributed by atoms with Crippen molar-refractivity contribution in [1.29, 1.82) is 0 Å². The van der Waals surface area contributed by atoms with Gasteiger partial charge in [-0.25, -0.2) is 0 Å². The first-order valence-corrected chi connectivity index (χ1v) is 6.58. The van der Waals surface area contributed by atoms with Crippen LogP contribution < -0.4 is 9.47 Å². The molecule has 0 aromatic heterocycles. The molecule has 2 nitrogen and oxygen atoms in total. The van der Waals surface area contributed by atoms with Crippen LogP contribution in [-0.4, -0.2) is 13.2 Å². The van der Waals surface area contributed by atoms with Crippen molar-refractivity contribution < 1.29 is 9.47 Å². The fourth-order valence-electron chi connectivity index (χ4n) is 1.58. The Bertz CT molecular complexity index is 371. The van der Waals surface area contributed by atoms with E-state index in [0.717, 1.165) is 42.4 Å². The molecule has 1 rings (SSSR count). The largest absolute Gasteiger partial charge is 0.494 e. The van der Waals surface area contributed by atoms with Crippen molar-refractivity contribution in [2.45, 2.75) is 33.6 Å². The molecular formula is C16H23O2. The van der Waals surface area contributed by atoms with Crippen LogP contribution in [0.3, 0.4) is 0 Å². The molecule has 99 valence electrons. The molecule has 0 unspecified atom stereocenters. The van der Waals surface area contributed by atoms with E-state index in [-0.39, 0.29) is 0 Å². The lowest BCUT2D eigenvalue weighted by molar-refractivity contribution is 0.302. The zero-order valence-corrected chi connectivity index (χ0v) is 11.7. The third-order valence-electron chi connectivity index (χ3n) is 2.72. The van der Waals surface area contributed by atoms with Gasteiger partial charge in [-0.2, -0.15) is 0 Å². The molecule has 0 aliphatic rings. The van der Waals surface area contributed by atoms with Gasteiger partial charge in [0.25, 0.3) is 0 Å². The quantitative estimate of drug-likeness (QED) is 0.634. The zero-order valence-electron chi connectivity index (χ0n) is 11.7. The first-order chi connectivity index (χ1) is 8.71. The van der Waals surface area contributed by atoms with Gasteiger partial charge in [0, 0.05) is 12.0 Å². The lowest BCUT2D eigenvalue weighted by Gasteiger charge is -2.13. The van der Waals surface area contributed by atoms with E-state index >= 15 is 0 Å². The molecule has 0 N–H and O–H groups in total. The summed E-state index contributed by atoms with van der Waals surface area (Å²) < 4.78 is 11.3. The molecule has 0 saturated carbocycles. The van der Waals surface area contributed by atoms with Gasteiger partial charge in [-0.1, -0.05) is 26.3 Å². The van der Waals surface area contributed by atoms with Gasteiger partial charge >= 0.3 is 0 Å². The third kappa shape index (κ3) is 4.44. The molecule has 0 spiro atoms. The van der Waals surface area contributed by atoms with E-state index in [9.17, 15) is 0 Å². The lowest BCUT2D eigenvalue weighted by atomic mass is 10.0. The van der Waals surface area contributed by atoms with E-state index < -0.39 is 0 Å². The fourth-order valence-corrected chi connectivity index (χ4v) is 1.58. The van der Waals surface area contributed by atoms with E-state index in [0.29, 0.717) is 6.61 Å². The van der Waals surface area contributed by atoms with Crippen LogP contribution >= 0.6 is 0 Å². The maximum atomic E-state index is 5.74. The molecule has 0 fully saturated rings. The first-order valence-electron chi connectivity index (χ1n) is 6.58. The highest BCUT2D eigenvalue weighted by molar-refractivity contribution is 5.46. The number of hydrogen-bond acceptors (Lipinski definition) is 2. The Labute approximate surface area is 111 Å². The lowest BCUT2D eigenvalue weighted by Crippen LogP contribution is -2.00. The molecule has 2 heteroatoms. The van der Waals surface area contributed by atoms with Crippen molar-refractivity contribution in [2.75, 3.05) is 13.2 Å². The molecule has 1 radical (unpaired) electrons. The van der Waals surface area contributed by atoms with Crippen LogP contribution in [0.4, 0.5) is 0 Å². The van der Waals surface area contributed by atoms with Gasteiger partial charge in [-0.05, 0) is 31.0 Å². The predicted octanol–water partition coefficient (Wildman–Crippen LogP) is 4.39. The smallest absolute Gasteiger partial charge is 0.123 e. The van der Waals surface area contributed by atoms with Crippen LogP contribution in [0, 0.1) is 5.92 Å². The van der Waals surface area contributed by atoms with Crippen molar-refractivity contribution in [3.63, 3.8) is 0 Å². The number of ether oxygens (including phenoxy) is 2. The number of hydrogen-bond donors (Lipinski definition) is 0. The molecule has 1 aromatic carbocycles. The summed E-state index contributed by atoms with van der Waals surface area (Å²) in [5.74, 6) is 2.84. The standard InChI is InChI=1S/C16H23O2/c1-5-8-9-18-16-11-14(13(4)6-2)10-15(12-16)17-7-3/h6,10-12H,2,5,7-9H2,1,3-4H3. The van der Waals surface area contributed by atoms with Crippen molar-refractivity contribution in [3.8, 4) is 11.5 Å². The molecule has 0 saturated heterocycles. The summed E-state index contributed by atoms with van der Waals surface area (Å²) in [4.78, 5) is 0. The molecular weight excluding hydrogens is 224 g/mol. The Morgan fingerprint density at radius 2 is 1.83 bits per heavy atom. The summed E-state index contributed by atoms with van der Waals surface area (Å²) in [5.41, 5.74) is 1.10. The SMILES string of the molecule is C=C[C](C)c1cc(OCC)cc(OCCCC)c1. The minimum absolute atomic E-state index is 0.658. The monoisotopic (exact) mass is 247 g/mol. The number of rotatable bonds is 8. The second-order valence-corrected chi connectivity index (χ2v) is 4.22. The summed E-state index contributed by atoms with van der Waals surface area (Å²) in [7, 11) is 0. The first kappa shape index (κ1) is 14.6. The van der Waals surface area contributed by atoms with Crippen LogP contribution in [0.2, 0.25) is 0 Å². The van der Waals surface area contributed by atoms with Gasteiger partial charge in [0.1, 0.15) is 11.5 Å². The normalized spacial score (nSPS) is 10.4. The van der Waals surface area contributed by atoms with E-state index in [1.54, 1.807) is 0 Å². The van der Waals surface area contributed by atoms with Crippen LogP contribution in [0.25, 0.3) is 0 Å². The van der Waals surface area contributed by atoms with Crippen molar-refractivity contribution in [2.24, 2.45) is 0 Å². The Morgan fingerprint density at radius 3 is 2.39 bits per heavy atom. The highest BCUT2D eigenvalue weighted by atomic mass is 16.5. The van der Waals surface area contributed by atoms with E-state index in [4.69, 9.17) is 9.47 Å². The molecule has 0 aliphatic carbocycles. The van der Waals surface area contributed by atoms with Gasteiger partial charge in [0.2, 0.25) is 0 Å². The average molecular weight is 247 g/mol. The Kier molecular flexibility index (Phi) is 6.34. The summed E-state index contributed by atoms with van der Waals surface area (Å²) in [6.45, 7) is 11.4. The Balaban J connectivity index is 2.87. The molecule has 0 heterocycles. The van der Waals surface area contributed by atoms with Crippen LogP contribution in [-0.2, 0) is 0 Å². The van der Waals surface area contributed by atoms with Crippen LogP contribution in [0.1, 0.15) is 39.2 Å². The topological polar surface area (TPSA) is 18.5 Å². The Hall–Kier alpha value is -1.44. The zero-order chi connectivity index (χ0) is 13.4. The molecule has 0 aliphatic heterocycles. The summed E-state index contributed by atoms with van der Waals surface area (Å²) in [6, 6.07) is 6.00. The molecule has 0 amide bonds. The number of unbranched alkanes of at least 4 members (excludes halogenated alkanes) is 1. The summed E-state index contributed by atoms with van der Waals surface area (Å²) in [6.07, 6.45) is 4.05. The predicted molar refractivity (Wildman–Crippen MR) is 76.2 cm³/mol. The van der Waals surface area contributed by atoms with E-state index in [2.05, 4.69) is 13.5 Å². The van der Waals surface area contributed by atoms with E-state index in [1.807, 2.05) is 38.1 Å². The van der Waals surface area contributed by atoms with Gasteiger partial charge in [-0.15, -0.1) is 6.58 Å². The Morgan fingerprint density at radius 1 is 1.17 bits per heavy atom. The highest BCUT2D eigenvalue weighted by Gasteiger charge is 2.07. The molecule has 1 aromatic rings. The van der Waals surface area contributed by atoms with Gasteiger partial charge in [-0.3, -0.25) is 0 Å². The van der Waals surface area contributed by atoms with Gasteiger partial charge in [0.05, 0.1) is 13.2 Å². The summed E-state index contributed by atoms with van der Waals surface area (Å²) in [5, 5.41) is 0. The highest BCUT2D eigenvalue weighted by Crippen LogP contribution is 2.27. The fraction of sp³-hybridized carbons (Fsp3) is 0.438. The summed E-state index contributed by atoms with van der Waals surface area (Å²) >= 11 is 0. The third-order valence-corrected chi connectivity index (χ3v) is 2.72. The number of allylic oxidation sites excluding steroid dienone is 1. The maximum Gasteiger partial charge on any atom is 0.123 e. The minimum atomic E-state index is 0.658. The number of benzene rings is 1. The van der Waals surface area contributed by atoms with Crippen LogP contribution in [0.15, 0.2) is 30.9 Å². The maximum absolute atomic E-state index is 5.74. The van der Waals surface area contributed by atoms with Crippen molar-refractivity contribution >= 4 is 0 Å². The van der Waals surface area contributed by atoms with Crippen LogP contribution in [0.5, 0.6) is 11.5 Å². The van der Waals surface area contributed by atoms with Gasteiger partial charge in [0.15, 0.2) is 0 Å². The van der Waals surface area contributed by atoms with Crippen molar-refractivity contribution in [1.82, 2.24) is 0 Å². The molecule has 0 atom stereocenters. The van der Waals surface area contributed by atoms with E-state index in [1.165, 1.54) is 0 Å². The second kappa shape index (κ2) is 7.80. The van der Waals surface area contributed by atoms with Gasteiger partial charge < -0.3 is 9.47 Å². The average Bonchev–Trinajstić information content (AvgIpc) is 2.38. The second-order valence-electron chi connectivity index (χ2n) is 4.22. The molecule has 0 bridgehead atoms. The minimum Gasteiger partial charge on any atom is -0.494 e. The van der Waals surface area contributed by atoms with Crippen molar-refractivity contribution in [3.05, 3.63) is 42.3 Å². The molecule has 18 heavy (non-hydrogen) atoms.